The van der Waals surface area contributed by atoms with Gasteiger partial charge in [-0.05, 0) is 46.8 Å². The number of thiazole rings is 1. The second-order valence-corrected chi connectivity index (χ2v) is 21.5. The molecule has 0 spiro atoms. The summed E-state index contributed by atoms with van der Waals surface area (Å²) < 4.78 is 47.1. The summed E-state index contributed by atoms with van der Waals surface area (Å²) in [5, 5.41) is 6.52. The van der Waals surface area contributed by atoms with Crippen molar-refractivity contribution in [2.45, 2.75) is 79.8 Å². The van der Waals surface area contributed by atoms with Gasteiger partial charge in [0.2, 0.25) is 0 Å². The van der Waals surface area contributed by atoms with Crippen LogP contribution in [0.2, 0.25) is 19.6 Å². The molecule has 51 heavy (non-hydrogen) atoms. The third-order valence-corrected chi connectivity index (χ3v) is 11.1. The van der Waals surface area contributed by atoms with Crippen molar-refractivity contribution in [3.8, 4) is 33.1 Å². The van der Waals surface area contributed by atoms with Gasteiger partial charge in [0.15, 0.2) is 0 Å². The Hall–Kier alpha value is -3.74. The van der Waals surface area contributed by atoms with Gasteiger partial charge in [-0.1, -0.05) is 108 Å². The molecule has 4 heterocycles. The molecule has 265 valence electrons. The van der Waals surface area contributed by atoms with E-state index in [9.17, 15) is 0 Å². The van der Waals surface area contributed by atoms with Gasteiger partial charge in [0, 0.05) is 61.1 Å². The second kappa shape index (κ2) is 15.1. The Morgan fingerprint density at radius 1 is 0.863 bits per heavy atom. The third-order valence-electron chi connectivity index (χ3n) is 8.21. The van der Waals surface area contributed by atoms with Crippen molar-refractivity contribution in [1.29, 1.82) is 0 Å². The molecule has 0 aliphatic heterocycles. The molecule has 3 aromatic carbocycles. The van der Waals surface area contributed by atoms with Gasteiger partial charge in [-0.2, -0.15) is 0 Å². The molecule has 1 radical (unpaired) electrons. The zero-order valence-corrected chi connectivity index (χ0v) is 34.9. The van der Waals surface area contributed by atoms with E-state index in [-0.39, 0.29) is 36.6 Å². The molecule has 0 saturated heterocycles. The number of nitrogens with zero attached hydrogens (tertiary/aromatic N) is 3. The minimum Gasteiger partial charge on any atom is -0.501 e. The number of furan rings is 1. The van der Waals surface area contributed by atoms with Crippen LogP contribution in [0.4, 0.5) is 0 Å². The predicted molar refractivity (Wildman–Crippen MR) is 215 cm³/mol. The summed E-state index contributed by atoms with van der Waals surface area (Å²) in [5.74, 6) is 0. The summed E-state index contributed by atoms with van der Waals surface area (Å²) in [7, 11) is -1.53. The fourth-order valence-corrected chi connectivity index (χ4v) is 8.27. The Morgan fingerprint density at radius 2 is 1.61 bits per heavy atom. The van der Waals surface area contributed by atoms with Crippen LogP contribution in [0, 0.1) is 24.4 Å². The van der Waals surface area contributed by atoms with Gasteiger partial charge < -0.3 is 14.4 Å². The van der Waals surface area contributed by atoms with Crippen LogP contribution in [0.1, 0.15) is 65.2 Å². The van der Waals surface area contributed by atoms with Crippen molar-refractivity contribution in [3.05, 3.63) is 120 Å². The van der Waals surface area contributed by atoms with Crippen LogP contribution in [-0.4, -0.2) is 23.0 Å². The van der Waals surface area contributed by atoms with Crippen molar-refractivity contribution in [2.75, 3.05) is 0 Å². The molecule has 0 N–H and O–H groups in total. The SMILES string of the molecule is CC(C)(C)c1csc(-c2cc(-c3[c-]cccc3)ncc2[Si](C)(C)C)n1.[2H]C([2H])([2H])c1cnc(-c2[c-]ccc3c2oc2ccccc23)cc1C([2H])([2H])C(C)(C)C.[Ir]. The molecule has 7 rings (SSSR count). The molecular weight excluding hydrogens is 839 g/mol. The van der Waals surface area contributed by atoms with Gasteiger partial charge in [-0.15, -0.1) is 65.4 Å². The molecule has 0 bridgehead atoms. The summed E-state index contributed by atoms with van der Waals surface area (Å²) in [6.45, 7) is 16.5. The van der Waals surface area contributed by atoms with Crippen molar-refractivity contribution in [2.24, 2.45) is 5.41 Å². The van der Waals surface area contributed by atoms with Crippen molar-refractivity contribution in [1.82, 2.24) is 15.0 Å². The normalized spacial score (nSPS) is 14.0. The van der Waals surface area contributed by atoms with Crippen LogP contribution in [0.25, 0.3) is 55.0 Å². The molecule has 0 amide bonds. The first kappa shape index (κ1) is 31.9. The van der Waals surface area contributed by atoms with E-state index in [4.69, 9.17) is 21.2 Å². The Bertz CT molecular complexity index is 2480. The van der Waals surface area contributed by atoms with E-state index in [1.54, 1.807) is 38.2 Å². The smallest absolute Gasteiger partial charge is 0.122 e. The van der Waals surface area contributed by atoms with E-state index >= 15 is 0 Å². The number of benzene rings is 3. The summed E-state index contributed by atoms with van der Waals surface area (Å²) in [4.78, 5) is 14.1. The first-order valence-electron chi connectivity index (χ1n) is 19.3. The van der Waals surface area contributed by atoms with Crippen molar-refractivity contribution in [3.63, 3.8) is 0 Å². The summed E-state index contributed by atoms with van der Waals surface area (Å²) in [6, 6.07) is 29.5. The van der Waals surface area contributed by atoms with Crippen LogP contribution in [0.3, 0.4) is 0 Å². The van der Waals surface area contributed by atoms with Gasteiger partial charge in [-0.25, -0.2) is 4.98 Å². The Morgan fingerprint density at radius 3 is 2.27 bits per heavy atom. The number of aromatic nitrogens is 3. The number of pyridine rings is 2. The number of hydrogen-bond donors (Lipinski definition) is 0. The molecule has 0 atom stereocenters. The van der Waals surface area contributed by atoms with Crippen LogP contribution in [0.15, 0.2) is 95.0 Å². The second-order valence-electron chi connectivity index (χ2n) is 15.6. The molecule has 4 aromatic heterocycles. The zero-order chi connectivity index (χ0) is 40.1. The monoisotopic (exact) mass is 891 g/mol. The average Bonchev–Trinajstić information content (AvgIpc) is 3.77. The van der Waals surface area contributed by atoms with E-state index < -0.39 is 26.7 Å². The van der Waals surface area contributed by atoms with E-state index in [1.165, 1.54) is 23.0 Å². The first-order valence-corrected chi connectivity index (χ1v) is 21.2. The molecule has 0 unspecified atom stereocenters. The number of aryl methyl sites for hydroxylation is 1. The molecule has 4 nitrogen and oxygen atoms in total. The summed E-state index contributed by atoms with van der Waals surface area (Å²) in [6.07, 6.45) is 1.43. The zero-order valence-electron chi connectivity index (χ0n) is 35.7. The topological polar surface area (TPSA) is 51.8 Å². The molecular formula is C44H47IrN3OSSi-2. The average molecular weight is 891 g/mol. The number of hydrogen-bond acceptors (Lipinski definition) is 5. The maximum atomic E-state index is 8.70. The standard InChI is InChI=1S/C23H22NO.C21H25N2SSi.Ir/c1-15-14-24-20(12-16(15)13-23(2,3)4)19-10-7-9-18-17-8-5-6-11-21(17)25-22(18)19;1-21(2,3)19-14-24-20(23-19)16-12-17(15-10-8-7-9-11-15)22-13-18(16)25(4,5)6;/h5-9,11-12,14H,13H2,1-4H3;7-10,12-14H,1-6H3;/q2*-1;/i1D3,13D2;;. The number of fused-ring (bicyclic) bond motifs is 3. The Labute approximate surface area is 329 Å². The maximum Gasteiger partial charge on any atom is 0.122 e. The number of rotatable bonds is 5. The largest absolute Gasteiger partial charge is 0.501 e. The first-order chi connectivity index (χ1) is 25.6. The fourth-order valence-electron chi connectivity index (χ4n) is 5.65. The molecule has 0 fully saturated rings. The van der Waals surface area contributed by atoms with Gasteiger partial charge >= 0.3 is 0 Å². The fraction of sp³-hybridized carbons (Fsp3) is 0.295. The minimum absolute atomic E-state index is 0. The van der Waals surface area contributed by atoms with Crippen LogP contribution in [0.5, 0.6) is 0 Å². The Balaban J connectivity index is 0.000000214. The molecule has 7 heteroatoms. The van der Waals surface area contributed by atoms with E-state index in [0.29, 0.717) is 16.8 Å². The quantitative estimate of drug-likeness (QED) is 0.128. The minimum atomic E-state index is -2.48. The van der Waals surface area contributed by atoms with Crippen LogP contribution >= 0.6 is 11.3 Å². The van der Waals surface area contributed by atoms with E-state index in [1.807, 2.05) is 48.5 Å². The third kappa shape index (κ3) is 8.84. The van der Waals surface area contributed by atoms with Crippen molar-refractivity contribution < 1.29 is 31.4 Å². The van der Waals surface area contributed by atoms with Gasteiger partial charge in [0.1, 0.15) is 10.6 Å². The van der Waals surface area contributed by atoms with Gasteiger partial charge in [-0.3, -0.25) is 0 Å². The van der Waals surface area contributed by atoms with E-state index in [2.05, 4.69) is 81.2 Å². The van der Waals surface area contributed by atoms with Crippen molar-refractivity contribution >= 4 is 46.5 Å². The predicted octanol–water partition coefficient (Wildman–Crippen LogP) is 11.9. The van der Waals surface area contributed by atoms with Crippen LogP contribution in [-0.2, 0) is 31.9 Å². The van der Waals surface area contributed by atoms with Gasteiger partial charge in [0.25, 0.3) is 0 Å². The van der Waals surface area contributed by atoms with E-state index in [0.717, 1.165) is 38.3 Å². The maximum absolute atomic E-state index is 8.70. The summed E-state index contributed by atoms with van der Waals surface area (Å²) >= 11 is 1.74. The van der Waals surface area contributed by atoms with Crippen LogP contribution < -0.4 is 5.19 Å². The summed E-state index contributed by atoms with van der Waals surface area (Å²) in [5.41, 5.74) is 5.99. The number of para-hydroxylation sites is 1. The molecule has 0 saturated carbocycles. The Kier molecular flexibility index (Phi) is 9.45. The molecule has 0 aliphatic rings. The molecule has 7 aromatic rings. The van der Waals surface area contributed by atoms with Gasteiger partial charge in [0.05, 0.1) is 19.4 Å². The molecule has 0 aliphatic carbocycles.